The van der Waals surface area contributed by atoms with E-state index in [2.05, 4.69) is 27.7 Å². The molecule has 4 heteroatoms. The second-order valence-electron chi connectivity index (χ2n) is 12.0. The van der Waals surface area contributed by atoms with E-state index in [1.807, 2.05) is 0 Å². The molecule has 11 atom stereocenters. The smallest absolute Gasteiger partial charge is 0.303 e. The molecule has 0 amide bonds. The van der Waals surface area contributed by atoms with Crippen molar-refractivity contribution in [1.82, 2.24) is 0 Å². The van der Waals surface area contributed by atoms with Crippen LogP contribution in [0.25, 0.3) is 0 Å². The van der Waals surface area contributed by atoms with Crippen molar-refractivity contribution >= 4 is 5.97 Å². The summed E-state index contributed by atoms with van der Waals surface area (Å²) in [5, 5.41) is 31.3. The molecular weight excluding hydrogens is 376 g/mol. The number of carbonyl (C=O) groups is 1. The average molecular weight is 421 g/mol. The molecule has 4 rings (SSSR count). The molecule has 0 saturated heterocycles. The lowest BCUT2D eigenvalue weighted by Crippen LogP contribution is -2.62. The number of rotatable bonds is 5. The van der Waals surface area contributed by atoms with Crippen molar-refractivity contribution in [2.24, 2.45) is 52.3 Å². The van der Waals surface area contributed by atoms with Gasteiger partial charge in [-0.25, -0.2) is 0 Å². The Labute approximate surface area is 182 Å². The van der Waals surface area contributed by atoms with Crippen LogP contribution in [0.4, 0.5) is 0 Å². The first-order valence-electron chi connectivity index (χ1n) is 12.7. The summed E-state index contributed by atoms with van der Waals surface area (Å²) in [7, 11) is 0. The van der Waals surface area contributed by atoms with Gasteiger partial charge in [0.25, 0.3) is 0 Å². The van der Waals surface area contributed by atoms with Crippen LogP contribution in [0.2, 0.25) is 0 Å². The van der Waals surface area contributed by atoms with Crippen LogP contribution < -0.4 is 0 Å². The fourth-order valence-corrected chi connectivity index (χ4v) is 9.48. The molecule has 4 fully saturated rings. The van der Waals surface area contributed by atoms with Crippen molar-refractivity contribution < 1.29 is 20.1 Å². The van der Waals surface area contributed by atoms with E-state index in [1.54, 1.807) is 0 Å². The monoisotopic (exact) mass is 420 g/mol. The van der Waals surface area contributed by atoms with Crippen molar-refractivity contribution in [1.29, 1.82) is 0 Å². The minimum Gasteiger partial charge on any atom is -0.481 e. The minimum absolute atomic E-state index is 0.194. The largest absolute Gasteiger partial charge is 0.481 e. The van der Waals surface area contributed by atoms with Crippen LogP contribution in [-0.4, -0.2) is 33.5 Å². The van der Waals surface area contributed by atoms with Gasteiger partial charge in [-0.1, -0.05) is 34.1 Å². The van der Waals surface area contributed by atoms with Crippen LogP contribution in [-0.2, 0) is 4.79 Å². The first kappa shape index (κ1) is 22.6. The summed E-state index contributed by atoms with van der Waals surface area (Å²) in [5.74, 6) is 2.58. The molecule has 4 saturated carbocycles. The fraction of sp³-hybridized carbons (Fsp3) is 0.962. The summed E-state index contributed by atoms with van der Waals surface area (Å²) in [4.78, 5) is 11.1. The molecular formula is C26H44O4. The van der Waals surface area contributed by atoms with Crippen molar-refractivity contribution in [3.63, 3.8) is 0 Å². The molecule has 0 aromatic rings. The van der Waals surface area contributed by atoms with Crippen molar-refractivity contribution in [3.05, 3.63) is 0 Å². The quantitative estimate of drug-likeness (QED) is 0.577. The number of hydrogen-bond acceptors (Lipinski definition) is 3. The van der Waals surface area contributed by atoms with E-state index >= 15 is 0 Å². The number of fused-ring (bicyclic) bond motifs is 5. The van der Waals surface area contributed by atoms with Gasteiger partial charge in [0.05, 0.1) is 12.2 Å². The first-order chi connectivity index (χ1) is 14.1. The Hall–Kier alpha value is -0.610. The molecule has 30 heavy (non-hydrogen) atoms. The molecule has 4 nitrogen and oxygen atoms in total. The average Bonchev–Trinajstić information content (AvgIpc) is 3.05. The van der Waals surface area contributed by atoms with Gasteiger partial charge in [-0.15, -0.1) is 0 Å². The number of aliphatic hydroxyl groups is 2. The molecule has 4 unspecified atom stereocenters. The molecule has 0 aliphatic heterocycles. The molecule has 3 N–H and O–H groups in total. The van der Waals surface area contributed by atoms with Crippen molar-refractivity contribution in [2.45, 2.75) is 104 Å². The van der Waals surface area contributed by atoms with Gasteiger partial charge >= 0.3 is 5.97 Å². The van der Waals surface area contributed by atoms with Gasteiger partial charge in [0, 0.05) is 6.42 Å². The first-order valence-corrected chi connectivity index (χ1v) is 12.7. The maximum atomic E-state index is 11.7. The lowest BCUT2D eigenvalue weighted by Gasteiger charge is -2.64. The highest BCUT2D eigenvalue weighted by atomic mass is 16.4. The Morgan fingerprint density at radius 3 is 2.33 bits per heavy atom. The summed E-state index contributed by atoms with van der Waals surface area (Å²) < 4.78 is 0. The zero-order valence-electron chi connectivity index (χ0n) is 19.5. The Morgan fingerprint density at radius 1 is 1.00 bits per heavy atom. The number of carboxylic acid groups (broad SMARTS) is 1. The normalized spacial score (nSPS) is 51.5. The van der Waals surface area contributed by atoms with Gasteiger partial charge in [0.1, 0.15) is 0 Å². The van der Waals surface area contributed by atoms with Crippen molar-refractivity contribution in [3.8, 4) is 0 Å². The van der Waals surface area contributed by atoms with Gasteiger partial charge in [0.2, 0.25) is 0 Å². The maximum absolute atomic E-state index is 11.7. The maximum Gasteiger partial charge on any atom is 0.303 e. The van der Waals surface area contributed by atoms with E-state index in [4.69, 9.17) is 5.11 Å². The van der Waals surface area contributed by atoms with E-state index in [9.17, 15) is 15.0 Å². The van der Waals surface area contributed by atoms with Gasteiger partial charge in [0.15, 0.2) is 0 Å². The van der Waals surface area contributed by atoms with E-state index in [1.165, 1.54) is 25.7 Å². The molecule has 0 heterocycles. The van der Waals surface area contributed by atoms with E-state index in [0.29, 0.717) is 41.4 Å². The van der Waals surface area contributed by atoms with Gasteiger partial charge < -0.3 is 15.3 Å². The van der Waals surface area contributed by atoms with Crippen molar-refractivity contribution in [2.75, 3.05) is 0 Å². The van der Waals surface area contributed by atoms with Gasteiger partial charge in [-0.05, 0) is 104 Å². The molecule has 172 valence electrons. The summed E-state index contributed by atoms with van der Waals surface area (Å²) >= 11 is 0. The summed E-state index contributed by atoms with van der Waals surface area (Å²) in [6.07, 6.45) is 9.27. The Bertz CT molecular complexity index is 649. The highest BCUT2D eigenvalue weighted by molar-refractivity contribution is 5.66. The Balaban J connectivity index is 1.61. The van der Waals surface area contributed by atoms with Crippen LogP contribution in [0, 0.1) is 52.3 Å². The standard InChI is InChI=1S/C26H44O4/c1-5-17-21-14-16(27)10-12-26(21,4)20-11-13-25(3)18(15(2)6-9-22(28)29)7-8-19(25)23(20)24(17)30/h15-21,23-24,27,30H,5-14H2,1-4H3,(H,28,29)/t15-,16-,17-,18?,19+,20+,21?,23+,24-,25?,26?/m1/s1. The molecule has 0 aromatic heterocycles. The highest BCUT2D eigenvalue weighted by Crippen LogP contribution is 2.69. The Kier molecular flexibility index (Phi) is 6.07. The zero-order valence-corrected chi connectivity index (χ0v) is 19.5. The van der Waals surface area contributed by atoms with E-state index < -0.39 is 5.97 Å². The Morgan fingerprint density at radius 2 is 1.67 bits per heavy atom. The van der Waals surface area contributed by atoms with Crippen LogP contribution in [0.1, 0.15) is 91.9 Å². The molecule has 4 aliphatic rings. The SMILES string of the molecule is CC[C@@H]1C2C[C@H](O)CCC2(C)[C@H]2CCC3(C)C([C@H](C)CCC(=O)O)CC[C@H]3[C@@H]2[C@@H]1O. The summed E-state index contributed by atoms with van der Waals surface area (Å²) in [5.41, 5.74) is 0.480. The predicted octanol–water partition coefficient (Wildman–Crippen LogP) is 5.11. The number of aliphatic hydroxyl groups excluding tert-OH is 2. The minimum atomic E-state index is -0.683. The van der Waals surface area contributed by atoms with Crippen LogP contribution >= 0.6 is 0 Å². The molecule has 0 spiro atoms. The number of aliphatic carboxylic acids is 1. The third-order valence-corrected chi connectivity index (χ3v) is 11.0. The molecule has 0 aromatic carbocycles. The van der Waals surface area contributed by atoms with Crippen LogP contribution in [0.15, 0.2) is 0 Å². The van der Waals surface area contributed by atoms with E-state index in [0.717, 1.165) is 32.1 Å². The molecule has 0 radical (unpaired) electrons. The van der Waals surface area contributed by atoms with Crippen LogP contribution in [0.3, 0.4) is 0 Å². The lowest BCUT2D eigenvalue weighted by molar-refractivity contribution is -0.203. The topological polar surface area (TPSA) is 77.8 Å². The third kappa shape index (κ3) is 3.36. The summed E-state index contributed by atoms with van der Waals surface area (Å²) in [6, 6.07) is 0. The third-order valence-electron chi connectivity index (χ3n) is 11.0. The van der Waals surface area contributed by atoms with Gasteiger partial charge in [-0.3, -0.25) is 4.79 Å². The second-order valence-corrected chi connectivity index (χ2v) is 12.0. The second kappa shape index (κ2) is 8.06. The fourth-order valence-electron chi connectivity index (χ4n) is 9.48. The zero-order chi connectivity index (χ0) is 21.8. The number of hydrogen-bond donors (Lipinski definition) is 3. The molecule has 4 aliphatic carbocycles. The number of carboxylic acids is 1. The molecule has 0 bridgehead atoms. The summed E-state index contributed by atoms with van der Waals surface area (Å²) in [6.45, 7) is 9.44. The van der Waals surface area contributed by atoms with Gasteiger partial charge in [-0.2, -0.15) is 0 Å². The predicted molar refractivity (Wildman–Crippen MR) is 118 cm³/mol. The van der Waals surface area contributed by atoms with E-state index in [-0.39, 0.29) is 29.5 Å². The van der Waals surface area contributed by atoms with Crippen LogP contribution in [0.5, 0.6) is 0 Å². The highest BCUT2D eigenvalue weighted by Gasteiger charge is 2.64. The lowest BCUT2D eigenvalue weighted by atomic mass is 9.41.